The normalized spacial score (nSPS) is 29.7. The van der Waals surface area contributed by atoms with E-state index in [0.717, 1.165) is 0 Å². The number of rotatable bonds is 2. The predicted molar refractivity (Wildman–Crippen MR) is 72.4 cm³/mol. The van der Waals surface area contributed by atoms with Gasteiger partial charge >= 0.3 is 5.97 Å². The molecule has 0 bridgehead atoms. The van der Waals surface area contributed by atoms with E-state index >= 15 is 0 Å². The number of fused-ring (bicyclic) bond motifs is 1. The molecule has 0 aromatic rings. The molecule has 0 aromatic carbocycles. The summed E-state index contributed by atoms with van der Waals surface area (Å²) in [5.41, 5.74) is -0.374. The van der Waals surface area contributed by atoms with E-state index in [2.05, 4.69) is 4.90 Å². The highest BCUT2D eigenvalue weighted by Crippen LogP contribution is 2.31. The van der Waals surface area contributed by atoms with Crippen LogP contribution in [0, 0.1) is 11.3 Å². The molecule has 0 aromatic heterocycles. The van der Waals surface area contributed by atoms with Crippen molar-refractivity contribution >= 4 is 5.97 Å². The fourth-order valence-corrected chi connectivity index (χ4v) is 3.17. The molecular weight excluding hydrogens is 226 g/mol. The van der Waals surface area contributed by atoms with E-state index in [1.165, 1.54) is 45.2 Å². The molecule has 3 heteroatoms. The van der Waals surface area contributed by atoms with Crippen molar-refractivity contribution < 1.29 is 9.53 Å². The highest BCUT2D eigenvalue weighted by molar-refractivity contribution is 5.75. The van der Waals surface area contributed by atoms with Gasteiger partial charge in [0.05, 0.1) is 12.0 Å². The maximum Gasteiger partial charge on any atom is 0.311 e. The number of hydrogen-bond donors (Lipinski definition) is 0. The second kappa shape index (κ2) is 5.60. The van der Waals surface area contributed by atoms with Crippen LogP contribution in [0.2, 0.25) is 0 Å². The zero-order valence-electron chi connectivity index (χ0n) is 12.1. The van der Waals surface area contributed by atoms with Crippen molar-refractivity contribution in [3.05, 3.63) is 0 Å². The molecule has 0 N–H and O–H groups in total. The third kappa shape index (κ3) is 3.25. The zero-order chi connectivity index (χ0) is 13.2. The van der Waals surface area contributed by atoms with Gasteiger partial charge in [-0.2, -0.15) is 0 Å². The molecule has 104 valence electrons. The van der Waals surface area contributed by atoms with Gasteiger partial charge in [0, 0.05) is 12.0 Å². The first-order chi connectivity index (χ1) is 8.48. The largest absolute Gasteiger partial charge is 0.465 e. The van der Waals surface area contributed by atoms with E-state index in [1.807, 2.05) is 20.8 Å². The number of hydrogen-bond acceptors (Lipinski definition) is 3. The van der Waals surface area contributed by atoms with Crippen LogP contribution >= 0.6 is 0 Å². The van der Waals surface area contributed by atoms with E-state index in [0.29, 0.717) is 18.6 Å². The molecule has 2 unspecified atom stereocenters. The van der Waals surface area contributed by atoms with Crippen molar-refractivity contribution in [3.63, 3.8) is 0 Å². The van der Waals surface area contributed by atoms with E-state index < -0.39 is 0 Å². The Labute approximate surface area is 111 Å². The van der Waals surface area contributed by atoms with Crippen molar-refractivity contribution in [1.82, 2.24) is 4.90 Å². The molecule has 2 atom stereocenters. The monoisotopic (exact) mass is 253 g/mol. The predicted octanol–water partition coefficient (Wildman–Crippen LogP) is 2.84. The van der Waals surface area contributed by atoms with Gasteiger partial charge in [0.2, 0.25) is 0 Å². The second-order valence-electron chi connectivity index (χ2n) is 6.85. The van der Waals surface area contributed by atoms with Gasteiger partial charge in [-0.05, 0) is 59.5 Å². The molecule has 2 rings (SSSR count). The first-order valence-electron chi connectivity index (χ1n) is 7.40. The van der Waals surface area contributed by atoms with Gasteiger partial charge in [0.1, 0.15) is 0 Å². The molecule has 0 amide bonds. The summed E-state index contributed by atoms with van der Waals surface area (Å²) in [7, 11) is 0. The van der Waals surface area contributed by atoms with Crippen LogP contribution in [-0.4, -0.2) is 36.6 Å². The standard InChI is InChI=1S/C15H27NO2/c1-15(2,3)14(17)18-11-12-7-6-10-16-9-5-4-8-13(12)16/h12-13H,4-11H2,1-3H3. The molecule has 2 fully saturated rings. The van der Waals surface area contributed by atoms with Crippen molar-refractivity contribution in [2.24, 2.45) is 11.3 Å². The van der Waals surface area contributed by atoms with Crippen molar-refractivity contribution in [2.75, 3.05) is 19.7 Å². The van der Waals surface area contributed by atoms with E-state index in [4.69, 9.17) is 4.74 Å². The summed E-state index contributed by atoms with van der Waals surface area (Å²) >= 11 is 0. The Balaban J connectivity index is 1.86. The smallest absolute Gasteiger partial charge is 0.311 e. The van der Waals surface area contributed by atoms with Gasteiger partial charge in [-0.25, -0.2) is 0 Å². The van der Waals surface area contributed by atoms with Gasteiger partial charge in [0.15, 0.2) is 0 Å². The van der Waals surface area contributed by atoms with E-state index in [9.17, 15) is 4.79 Å². The molecule has 0 spiro atoms. The molecule has 2 heterocycles. The summed E-state index contributed by atoms with van der Waals surface area (Å²) in [6.45, 7) is 8.87. The first-order valence-corrected chi connectivity index (χ1v) is 7.40. The second-order valence-corrected chi connectivity index (χ2v) is 6.85. The van der Waals surface area contributed by atoms with Gasteiger partial charge < -0.3 is 4.74 Å². The molecule has 18 heavy (non-hydrogen) atoms. The highest BCUT2D eigenvalue weighted by Gasteiger charge is 2.34. The lowest BCUT2D eigenvalue weighted by molar-refractivity contribution is -0.155. The first kappa shape index (κ1) is 13.9. The van der Waals surface area contributed by atoms with Crippen LogP contribution in [0.1, 0.15) is 52.9 Å². The minimum atomic E-state index is -0.374. The number of ether oxygens (including phenoxy) is 1. The van der Waals surface area contributed by atoms with Gasteiger partial charge in [-0.3, -0.25) is 9.69 Å². The highest BCUT2D eigenvalue weighted by atomic mass is 16.5. The van der Waals surface area contributed by atoms with Crippen LogP contribution in [0.5, 0.6) is 0 Å². The minimum Gasteiger partial charge on any atom is -0.465 e. The summed E-state index contributed by atoms with van der Waals surface area (Å²) in [5.74, 6) is 0.501. The molecule has 2 aliphatic heterocycles. The van der Waals surface area contributed by atoms with E-state index in [-0.39, 0.29) is 11.4 Å². The van der Waals surface area contributed by atoms with Crippen LogP contribution in [0.15, 0.2) is 0 Å². The van der Waals surface area contributed by atoms with Crippen molar-refractivity contribution in [1.29, 1.82) is 0 Å². The number of nitrogens with zero attached hydrogens (tertiary/aromatic N) is 1. The number of carbonyl (C=O) groups excluding carboxylic acids is 1. The zero-order valence-corrected chi connectivity index (χ0v) is 12.1. The average Bonchev–Trinajstić information content (AvgIpc) is 2.34. The van der Waals surface area contributed by atoms with Crippen LogP contribution in [0.25, 0.3) is 0 Å². The summed E-state index contributed by atoms with van der Waals surface area (Å²) in [6.07, 6.45) is 6.44. The minimum absolute atomic E-state index is 0.0598. The topological polar surface area (TPSA) is 29.5 Å². The molecular formula is C15H27NO2. The summed E-state index contributed by atoms with van der Waals surface area (Å²) < 4.78 is 5.53. The molecule has 2 aliphatic rings. The SMILES string of the molecule is CC(C)(C)C(=O)OCC1CCCN2CCCCC12. The Hall–Kier alpha value is -0.570. The quantitative estimate of drug-likeness (QED) is 0.709. The maximum absolute atomic E-state index is 11.8. The fourth-order valence-electron chi connectivity index (χ4n) is 3.17. The number of esters is 1. The molecule has 0 saturated carbocycles. The lowest BCUT2D eigenvalue weighted by Crippen LogP contribution is -2.49. The molecule has 3 nitrogen and oxygen atoms in total. The molecule has 0 aliphatic carbocycles. The van der Waals surface area contributed by atoms with Crippen LogP contribution in [0.3, 0.4) is 0 Å². The molecule has 2 saturated heterocycles. The lowest BCUT2D eigenvalue weighted by Gasteiger charge is -2.44. The van der Waals surface area contributed by atoms with Gasteiger partial charge in [-0.1, -0.05) is 6.42 Å². The fraction of sp³-hybridized carbons (Fsp3) is 0.933. The van der Waals surface area contributed by atoms with Crippen LogP contribution < -0.4 is 0 Å². The lowest BCUT2D eigenvalue weighted by atomic mass is 9.84. The average molecular weight is 253 g/mol. The number of piperidine rings is 2. The number of carbonyl (C=O) groups is 1. The Morgan fingerprint density at radius 3 is 2.61 bits per heavy atom. The summed E-state index contributed by atoms with van der Waals surface area (Å²) in [4.78, 5) is 14.4. The van der Waals surface area contributed by atoms with Crippen LogP contribution in [0.4, 0.5) is 0 Å². The Morgan fingerprint density at radius 1 is 1.17 bits per heavy atom. The maximum atomic E-state index is 11.8. The third-order valence-electron chi connectivity index (χ3n) is 4.27. The van der Waals surface area contributed by atoms with Gasteiger partial charge in [-0.15, -0.1) is 0 Å². The third-order valence-corrected chi connectivity index (χ3v) is 4.27. The van der Waals surface area contributed by atoms with Gasteiger partial charge in [0.25, 0.3) is 0 Å². The Morgan fingerprint density at radius 2 is 1.89 bits per heavy atom. The Kier molecular flexibility index (Phi) is 4.31. The van der Waals surface area contributed by atoms with E-state index in [1.54, 1.807) is 0 Å². The summed E-state index contributed by atoms with van der Waals surface area (Å²) in [5, 5.41) is 0. The molecule has 0 radical (unpaired) electrons. The van der Waals surface area contributed by atoms with Crippen molar-refractivity contribution in [2.45, 2.75) is 58.9 Å². The summed E-state index contributed by atoms with van der Waals surface area (Å²) in [6, 6.07) is 0.667. The Bertz CT molecular complexity index is 293. The van der Waals surface area contributed by atoms with Crippen molar-refractivity contribution in [3.8, 4) is 0 Å². The van der Waals surface area contributed by atoms with Crippen LogP contribution in [-0.2, 0) is 9.53 Å².